The molecule has 0 aromatic heterocycles. The highest BCUT2D eigenvalue weighted by molar-refractivity contribution is 6.52. The topological polar surface area (TPSA) is 18.5 Å². The lowest BCUT2D eigenvalue weighted by Gasteiger charge is -2.29. The highest BCUT2D eigenvalue weighted by Crippen LogP contribution is 2.02. The molecule has 1 N–H and O–H groups in total. The zero-order valence-corrected chi connectivity index (χ0v) is 12.4. The Bertz CT molecular complexity index is 138. The standard InChI is InChI=1S/C11H29N3Si/c1-6-12-15(14(7-2)8-3)11-9-10-13(4)5/h12,15H,6-11H2,1-5H3. The van der Waals surface area contributed by atoms with E-state index < -0.39 is 9.12 Å². The molecule has 92 valence electrons. The largest absolute Gasteiger partial charge is 0.328 e. The van der Waals surface area contributed by atoms with Crippen LogP contribution in [-0.4, -0.2) is 58.9 Å². The average molecular weight is 231 g/mol. The Kier molecular flexibility index (Phi) is 9.39. The molecule has 4 heteroatoms. The number of rotatable bonds is 9. The zero-order valence-electron chi connectivity index (χ0n) is 11.2. The van der Waals surface area contributed by atoms with Gasteiger partial charge in [0.1, 0.15) is 0 Å². The van der Waals surface area contributed by atoms with Crippen LogP contribution in [0.3, 0.4) is 0 Å². The van der Waals surface area contributed by atoms with Gasteiger partial charge in [-0.05, 0) is 52.7 Å². The summed E-state index contributed by atoms with van der Waals surface area (Å²) < 4.78 is 2.64. The van der Waals surface area contributed by atoms with Crippen LogP contribution in [0.1, 0.15) is 27.2 Å². The van der Waals surface area contributed by atoms with Crippen molar-refractivity contribution in [1.29, 1.82) is 0 Å². The molecule has 0 saturated heterocycles. The van der Waals surface area contributed by atoms with Crippen LogP contribution in [0.5, 0.6) is 0 Å². The first-order valence-corrected chi connectivity index (χ1v) is 8.18. The van der Waals surface area contributed by atoms with E-state index in [2.05, 4.69) is 49.3 Å². The molecule has 0 aliphatic heterocycles. The average Bonchev–Trinajstić information content (AvgIpc) is 2.19. The van der Waals surface area contributed by atoms with E-state index in [1.807, 2.05) is 0 Å². The normalized spacial score (nSPS) is 13.8. The first kappa shape index (κ1) is 15.1. The fraction of sp³-hybridized carbons (Fsp3) is 1.00. The summed E-state index contributed by atoms with van der Waals surface area (Å²) in [6.07, 6.45) is 1.33. The van der Waals surface area contributed by atoms with E-state index in [0.717, 1.165) is 6.54 Å². The SMILES string of the molecule is CCN[SiH](CCCN(C)C)N(CC)CC. The maximum Gasteiger partial charge on any atom is 0.187 e. The van der Waals surface area contributed by atoms with Crippen LogP contribution >= 0.6 is 0 Å². The molecule has 0 amide bonds. The minimum absolute atomic E-state index is 0.851. The molecule has 0 aliphatic rings. The van der Waals surface area contributed by atoms with Crippen molar-refractivity contribution < 1.29 is 0 Å². The second kappa shape index (κ2) is 9.33. The first-order valence-electron chi connectivity index (χ1n) is 6.27. The van der Waals surface area contributed by atoms with Crippen LogP contribution in [0.4, 0.5) is 0 Å². The van der Waals surface area contributed by atoms with Crippen molar-refractivity contribution in [3.05, 3.63) is 0 Å². The molecule has 1 unspecified atom stereocenters. The van der Waals surface area contributed by atoms with Gasteiger partial charge in [0.15, 0.2) is 9.12 Å². The van der Waals surface area contributed by atoms with Crippen molar-refractivity contribution in [2.45, 2.75) is 33.2 Å². The number of nitrogens with one attached hydrogen (secondary N) is 1. The van der Waals surface area contributed by atoms with Gasteiger partial charge in [-0.25, -0.2) is 0 Å². The van der Waals surface area contributed by atoms with Gasteiger partial charge in [0.05, 0.1) is 0 Å². The lowest BCUT2D eigenvalue weighted by Crippen LogP contribution is -2.50. The van der Waals surface area contributed by atoms with Crippen molar-refractivity contribution in [2.24, 2.45) is 0 Å². The van der Waals surface area contributed by atoms with Crippen LogP contribution in [0.25, 0.3) is 0 Å². The second-order valence-electron chi connectivity index (χ2n) is 4.24. The first-order chi connectivity index (χ1) is 7.15. The summed E-state index contributed by atoms with van der Waals surface area (Å²) in [6, 6.07) is 1.38. The van der Waals surface area contributed by atoms with E-state index in [4.69, 9.17) is 0 Å². The zero-order chi connectivity index (χ0) is 11.7. The maximum absolute atomic E-state index is 3.70. The summed E-state index contributed by atoms with van der Waals surface area (Å²) in [5.74, 6) is 0. The minimum Gasteiger partial charge on any atom is -0.328 e. The van der Waals surface area contributed by atoms with E-state index in [-0.39, 0.29) is 0 Å². The Balaban J connectivity index is 3.91. The van der Waals surface area contributed by atoms with Gasteiger partial charge in [-0.15, -0.1) is 0 Å². The monoisotopic (exact) mass is 231 g/mol. The lowest BCUT2D eigenvalue weighted by molar-refractivity contribution is 0.402. The smallest absolute Gasteiger partial charge is 0.187 e. The van der Waals surface area contributed by atoms with Crippen LogP contribution in [0.15, 0.2) is 0 Å². The van der Waals surface area contributed by atoms with E-state index >= 15 is 0 Å². The summed E-state index contributed by atoms with van der Waals surface area (Å²) in [6.45, 7) is 11.5. The van der Waals surface area contributed by atoms with Crippen molar-refractivity contribution in [1.82, 2.24) is 14.4 Å². The molecular weight excluding hydrogens is 202 g/mol. The van der Waals surface area contributed by atoms with E-state index in [0.29, 0.717) is 0 Å². The quantitative estimate of drug-likeness (QED) is 0.600. The molecule has 3 nitrogen and oxygen atoms in total. The van der Waals surface area contributed by atoms with Gasteiger partial charge in [0, 0.05) is 0 Å². The van der Waals surface area contributed by atoms with Gasteiger partial charge in [0.25, 0.3) is 0 Å². The maximum atomic E-state index is 3.70. The summed E-state index contributed by atoms with van der Waals surface area (Å²) in [5.41, 5.74) is 0. The highest BCUT2D eigenvalue weighted by Gasteiger charge is 2.16. The highest BCUT2D eigenvalue weighted by atomic mass is 28.3. The predicted molar refractivity (Wildman–Crippen MR) is 71.7 cm³/mol. The third-order valence-corrected chi connectivity index (χ3v) is 6.22. The van der Waals surface area contributed by atoms with Crippen molar-refractivity contribution in [2.75, 3.05) is 40.3 Å². The summed E-state index contributed by atoms with van der Waals surface area (Å²) in [7, 11) is 3.46. The van der Waals surface area contributed by atoms with Gasteiger partial charge in [-0.2, -0.15) is 0 Å². The fourth-order valence-electron chi connectivity index (χ4n) is 1.91. The molecule has 0 fully saturated rings. The summed E-state index contributed by atoms with van der Waals surface area (Å²) >= 11 is 0. The number of hydrogen-bond donors (Lipinski definition) is 1. The van der Waals surface area contributed by atoms with Gasteiger partial charge in [-0.3, -0.25) is 0 Å². The van der Waals surface area contributed by atoms with E-state index in [1.54, 1.807) is 0 Å². The molecule has 0 aromatic rings. The molecule has 0 radical (unpaired) electrons. The van der Waals surface area contributed by atoms with Crippen LogP contribution < -0.4 is 4.98 Å². The fourth-order valence-corrected chi connectivity index (χ4v) is 4.66. The van der Waals surface area contributed by atoms with Crippen molar-refractivity contribution >= 4 is 9.12 Å². The molecule has 15 heavy (non-hydrogen) atoms. The molecule has 0 aromatic carbocycles. The Labute approximate surface area is 97.6 Å². The van der Waals surface area contributed by atoms with E-state index in [1.165, 1.54) is 32.1 Å². The number of nitrogens with zero attached hydrogens (tertiary/aromatic N) is 2. The number of hydrogen-bond acceptors (Lipinski definition) is 3. The third-order valence-electron chi connectivity index (χ3n) is 2.78. The molecule has 0 heterocycles. The molecular formula is C11H29N3Si. The lowest BCUT2D eigenvalue weighted by atomic mass is 10.5. The van der Waals surface area contributed by atoms with Crippen molar-refractivity contribution in [3.8, 4) is 0 Å². The van der Waals surface area contributed by atoms with Crippen LogP contribution in [0.2, 0.25) is 6.04 Å². The Morgan fingerprint density at radius 3 is 2.07 bits per heavy atom. The van der Waals surface area contributed by atoms with Crippen molar-refractivity contribution in [3.63, 3.8) is 0 Å². The van der Waals surface area contributed by atoms with Crippen LogP contribution in [-0.2, 0) is 0 Å². The molecule has 0 aliphatic carbocycles. The molecule has 0 spiro atoms. The van der Waals surface area contributed by atoms with Crippen LogP contribution in [0, 0.1) is 0 Å². The third kappa shape index (κ3) is 7.06. The molecule has 0 bridgehead atoms. The van der Waals surface area contributed by atoms with Gasteiger partial charge in [0.2, 0.25) is 0 Å². The summed E-state index contributed by atoms with van der Waals surface area (Å²) in [5, 5.41) is 0. The Morgan fingerprint density at radius 1 is 1.07 bits per heavy atom. The molecule has 0 saturated carbocycles. The van der Waals surface area contributed by atoms with Gasteiger partial charge >= 0.3 is 0 Å². The molecule has 1 atom stereocenters. The van der Waals surface area contributed by atoms with E-state index in [9.17, 15) is 0 Å². The Morgan fingerprint density at radius 2 is 1.67 bits per heavy atom. The Hall–Kier alpha value is 0.0969. The minimum atomic E-state index is -0.851. The van der Waals surface area contributed by atoms with Gasteiger partial charge < -0.3 is 14.4 Å². The second-order valence-corrected chi connectivity index (χ2v) is 6.99. The molecule has 0 rings (SSSR count). The van der Waals surface area contributed by atoms with Gasteiger partial charge in [-0.1, -0.05) is 20.8 Å². The summed E-state index contributed by atoms with van der Waals surface area (Å²) in [4.78, 5) is 5.98. The predicted octanol–water partition coefficient (Wildman–Crippen LogP) is 1.11.